The summed E-state index contributed by atoms with van der Waals surface area (Å²) in [6.07, 6.45) is 5.86. The van der Waals surface area contributed by atoms with Crippen LogP contribution in [-0.4, -0.2) is 60.6 Å². The molecule has 3 fully saturated rings. The lowest BCUT2D eigenvalue weighted by Gasteiger charge is -2.35. The van der Waals surface area contributed by atoms with Gasteiger partial charge in [-0.1, -0.05) is 6.92 Å². The van der Waals surface area contributed by atoms with Crippen molar-refractivity contribution in [1.29, 1.82) is 0 Å². The highest BCUT2D eigenvalue weighted by atomic mass is 16.5. The Labute approximate surface area is 116 Å². The van der Waals surface area contributed by atoms with Gasteiger partial charge in [0.25, 0.3) is 0 Å². The number of likely N-dealkylation sites (N-methyl/N-ethyl adjacent to an activating group) is 1. The number of carbonyl (C=O) groups excluding carboxylic acids is 1. The lowest BCUT2D eigenvalue weighted by Crippen LogP contribution is -2.49. The van der Waals surface area contributed by atoms with Gasteiger partial charge in [0.2, 0.25) is 5.91 Å². The molecule has 3 aliphatic rings. The molecule has 0 aromatic heterocycles. The fourth-order valence-electron chi connectivity index (χ4n) is 4.11. The van der Waals surface area contributed by atoms with Crippen molar-refractivity contribution in [3.63, 3.8) is 0 Å². The molecule has 3 atom stereocenters. The molecule has 0 aromatic rings. The molecule has 3 heterocycles. The minimum absolute atomic E-state index is 0.136. The van der Waals surface area contributed by atoms with Crippen LogP contribution in [0.15, 0.2) is 0 Å². The van der Waals surface area contributed by atoms with E-state index in [1.165, 1.54) is 32.2 Å². The number of hydrogen-bond donors (Lipinski definition) is 0. The molecular weight excluding hydrogens is 240 g/mol. The van der Waals surface area contributed by atoms with E-state index >= 15 is 0 Å². The molecule has 4 nitrogen and oxygen atoms in total. The first-order valence-electron chi connectivity index (χ1n) is 7.93. The summed E-state index contributed by atoms with van der Waals surface area (Å²) in [4.78, 5) is 17.4. The summed E-state index contributed by atoms with van der Waals surface area (Å²) in [6, 6.07) is 1.08. The smallest absolute Gasteiger partial charge is 0.228 e. The third-order valence-electron chi connectivity index (χ3n) is 5.13. The zero-order valence-electron chi connectivity index (χ0n) is 12.0. The quantitative estimate of drug-likeness (QED) is 0.776. The highest BCUT2D eigenvalue weighted by Gasteiger charge is 2.41. The standard InChI is InChI=1S/C15H26N2O2/c1-2-16-8-3-5-13(16)14-6-4-9-17(14)15(18)12-7-10-19-11-12/h12-14H,2-11H2,1H3. The van der Waals surface area contributed by atoms with Gasteiger partial charge in [-0.15, -0.1) is 0 Å². The van der Waals surface area contributed by atoms with Gasteiger partial charge in [-0.05, 0) is 45.2 Å². The van der Waals surface area contributed by atoms with Crippen molar-refractivity contribution >= 4 is 5.91 Å². The highest BCUT2D eigenvalue weighted by Crippen LogP contribution is 2.31. The van der Waals surface area contributed by atoms with E-state index in [1.54, 1.807) is 0 Å². The predicted molar refractivity (Wildman–Crippen MR) is 73.9 cm³/mol. The van der Waals surface area contributed by atoms with E-state index in [1.807, 2.05) is 0 Å². The number of likely N-dealkylation sites (tertiary alicyclic amines) is 2. The molecule has 108 valence electrons. The van der Waals surface area contributed by atoms with E-state index in [0.717, 1.165) is 26.1 Å². The number of nitrogens with zero attached hydrogens (tertiary/aromatic N) is 2. The third-order valence-corrected chi connectivity index (χ3v) is 5.13. The van der Waals surface area contributed by atoms with Crippen LogP contribution in [0, 0.1) is 5.92 Å². The lowest BCUT2D eigenvalue weighted by molar-refractivity contribution is -0.137. The lowest BCUT2D eigenvalue weighted by atomic mass is 10.0. The molecule has 0 aliphatic carbocycles. The Balaban J connectivity index is 1.68. The van der Waals surface area contributed by atoms with Crippen LogP contribution in [0.1, 0.15) is 39.0 Å². The number of rotatable bonds is 3. The van der Waals surface area contributed by atoms with Gasteiger partial charge in [-0.3, -0.25) is 9.69 Å². The average molecular weight is 266 g/mol. The molecule has 0 aromatic carbocycles. The van der Waals surface area contributed by atoms with Crippen LogP contribution in [0.3, 0.4) is 0 Å². The fourth-order valence-corrected chi connectivity index (χ4v) is 4.11. The van der Waals surface area contributed by atoms with Crippen LogP contribution in [0.25, 0.3) is 0 Å². The Bertz CT molecular complexity index is 328. The molecule has 0 saturated carbocycles. The topological polar surface area (TPSA) is 32.8 Å². The Morgan fingerprint density at radius 2 is 1.95 bits per heavy atom. The number of carbonyl (C=O) groups is 1. The first kappa shape index (κ1) is 13.4. The predicted octanol–water partition coefficient (Wildman–Crippen LogP) is 1.50. The number of ether oxygens (including phenoxy) is 1. The number of amides is 1. The van der Waals surface area contributed by atoms with Crippen LogP contribution < -0.4 is 0 Å². The maximum atomic E-state index is 12.6. The van der Waals surface area contributed by atoms with E-state index in [2.05, 4.69) is 16.7 Å². The second kappa shape index (κ2) is 5.80. The van der Waals surface area contributed by atoms with Crippen LogP contribution in [0.2, 0.25) is 0 Å². The first-order valence-corrected chi connectivity index (χ1v) is 7.93. The Kier molecular flexibility index (Phi) is 4.08. The second-order valence-electron chi connectivity index (χ2n) is 6.14. The summed E-state index contributed by atoms with van der Waals surface area (Å²) >= 11 is 0. The zero-order chi connectivity index (χ0) is 13.2. The molecule has 4 heteroatoms. The van der Waals surface area contributed by atoms with E-state index in [4.69, 9.17) is 4.74 Å². The van der Waals surface area contributed by atoms with Gasteiger partial charge in [0.05, 0.1) is 12.5 Å². The first-order chi connectivity index (χ1) is 9.31. The molecule has 19 heavy (non-hydrogen) atoms. The van der Waals surface area contributed by atoms with Crippen molar-refractivity contribution in [3.8, 4) is 0 Å². The molecular formula is C15H26N2O2. The monoisotopic (exact) mass is 266 g/mol. The summed E-state index contributed by atoms with van der Waals surface area (Å²) in [5, 5.41) is 0. The molecule has 1 amide bonds. The Morgan fingerprint density at radius 3 is 2.68 bits per heavy atom. The highest BCUT2D eigenvalue weighted by molar-refractivity contribution is 5.80. The SMILES string of the molecule is CCN1CCCC1C1CCCN1C(=O)C1CCOC1. The van der Waals surface area contributed by atoms with Crippen molar-refractivity contribution in [2.45, 2.75) is 51.1 Å². The molecule has 0 spiro atoms. The van der Waals surface area contributed by atoms with Crippen LogP contribution >= 0.6 is 0 Å². The van der Waals surface area contributed by atoms with Gasteiger partial charge in [0.15, 0.2) is 0 Å². The summed E-state index contributed by atoms with van der Waals surface area (Å²) in [6.45, 7) is 6.95. The third kappa shape index (κ3) is 2.52. The van der Waals surface area contributed by atoms with Crippen molar-refractivity contribution in [2.24, 2.45) is 5.92 Å². The van der Waals surface area contributed by atoms with Gasteiger partial charge in [-0.2, -0.15) is 0 Å². The molecule has 0 N–H and O–H groups in total. The normalized spacial score (nSPS) is 36.3. The summed E-state index contributed by atoms with van der Waals surface area (Å²) in [5.74, 6) is 0.500. The van der Waals surface area contributed by atoms with Crippen molar-refractivity contribution in [3.05, 3.63) is 0 Å². The van der Waals surface area contributed by atoms with E-state index in [-0.39, 0.29) is 5.92 Å². The van der Waals surface area contributed by atoms with Gasteiger partial charge in [0, 0.05) is 25.2 Å². The van der Waals surface area contributed by atoms with Crippen molar-refractivity contribution in [1.82, 2.24) is 9.80 Å². The minimum Gasteiger partial charge on any atom is -0.381 e. The molecule has 3 unspecified atom stereocenters. The molecule has 3 saturated heterocycles. The molecule has 0 radical (unpaired) electrons. The van der Waals surface area contributed by atoms with Crippen LogP contribution in [0.4, 0.5) is 0 Å². The van der Waals surface area contributed by atoms with Crippen molar-refractivity contribution in [2.75, 3.05) is 32.8 Å². The molecule has 3 rings (SSSR count). The van der Waals surface area contributed by atoms with Gasteiger partial charge >= 0.3 is 0 Å². The van der Waals surface area contributed by atoms with E-state index in [9.17, 15) is 4.79 Å². The van der Waals surface area contributed by atoms with E-state index < -0.39 is 0 Å². The van der Waals surface area contributed by atoms with Gasteiger partial charge < -0.3 is 9.64 Å². The van der Waals surface area contributed by atoms with Gasteiger partial charge in [0.1, 0.15) is 0 Å². The van der Waals surface area contributed by atoms with Gasteiger partial charge in [-0.25, -0.2) is 0 Å². The van der Waals surface area contributed by atoms with Crippen LogP contribution in [-0.2, 0) is 9.53 Å². The van der Waals surface area contributed by atoms with E-state index in [0.29, 0.717) is 24.6 Å². The van der Waals surface area contributed by atoms with Crippen molar-refractivity contribution < 1.29 is 9.53 Å². The minimum atomic E-state index is 0.136. The average Bonchev–Trinajstić information content (AvgIpc) is 3.16. The summed E-state index contributed by atoms with van der Waals surface area (Å²) in [5.41, 5.74) is 0. The number of hydrogen-bond acceptors (Lipinski definition) is 3. The summed E-state index contributed by atoms with van der Waals surface area (Å²) in [7, 11) is 0. The Morgan fingerprint density at radius 1 is 1.16 bits per heavy atom. The Hall–Kier alpha value is -0.610. The molecule has 0 bridgehead atoms. The zero-order valence-corrected chi connectivity index (χ0v) is 12.0. The maximum Gasteiger partial charge on any atom is 0.228 e. The largest absolute Gasteiger partial charge is 0.381 e. The maximum absolute atomic E-state index is 12.6. The fraction of sp³-hybridized carbons (Fsp3) is 0.933. The molecule has 3 aliphatic heterocycles. The second-order valence-corrected chi connectivity index (χ2v) is 6.14. The summed E-state index contributed by atoms with van der Waals surface area (Å²) < 4.78 is 5.38. The van der Waals surface area contributed by atoms with Crippen LogP contribution in [0.5, 0.6) is 0 Å².